The van der Waals surface area contributed by atoms with Crippen LogP contribution in [0.15, 0.2) is 46.9 Å². The zero-order valence-electron chi connectivity index (χ0n) is 11.8. The second kappa shape index (κ2) is 6.55. The lowest BCUT2D eigenvalue weighted by molar-refractivity contribution is 0.102. The highest BCUT2D eigenvalue weighted by molar-refractivity contribution is 7.19. The van der Waals surface area contributed by atoms with Crippen LogP contribution in [0.1, 0.15) is 10.4 Å². The number of thiazole rings is 2. The number of aliphatic imine (C=N–C) groups is 1. The van der Waals surface area contributed by atoms with Gasteiger partial charge >= 0.3 is 0 Å². The van der Waals surface area contributed by atoms with Crippen molar-refractivity contribution in [3.05, 3.63) is 47.5 Å². The van der Waals surface area contributed by atoms with E-state index in [1.807, 2.05) is 23.6 Å². The number of nitrogens with two attached hydrogens (primary N) is 2. The van der Waals surface area contributed by atoms with Gasteiger partial charge in [0.2, 0.25) is 5.13 Å². The lowest BCUT2D eigenvalue weighted by Crippen LogP contribution is -2.21. The van der Waals surface area contributed by atoms with E-state index in [-0.39, 0.29) is 11.9 Å². The molecule has 0 aliphatic carbocycles. The molecule has 2 heterocycles. The minimum Gasteiger partial charge on any atom is -0.370 e. The summed E-state index contributed by atoms with van der Waals surface area (Å²) in [4.78, 5) is 25.3. The number of anilines is 1. The van der Waals surface area contributed by atoms with Gasteiger partial charge in [-0.1, -0.05) is 29.5 Å². The van der Waals surface area contributed by atoms with Crippen molar-refractivity contribution < 1.29 is 4.79 Å². The summed E-state index contributed by atoms with van der Waals surface area (Å²) < 4.78 is 0. The molecule has 1 aromatic carbocycles. The molecule has 0 spiro atoms. The molecular weight excluding hydrogens is 332 g/mol. The lowest BCUT2D eigenvalue weighted by Gasteiger charge is -2.00. The van der Waals surface area contributed by atoms with Crippen molar-refractivity contribution >= 4 is 44.8 Å². The highest BCUT2D eigenvalue weighted by atomic mass is 32.1. The first-order valence-electron chi connectivity index (χ1n) is 6.49. The van der Waals surface area contributed by atoms with Crippen molar-refractivity contribution in [2.75, 3.05) is 5.32 Å². The second-order valence-corrected chi connectivity index (χ2v) is 6.27. The summed E-state index contributed by atoms with van der Waals surface area (Å²) >= 11 is 2.66. The average Bonchev–Trinajstić information content (AvgIpc) is 3.17. The van der Waals surface area contributed by atoms with Crippen LogP contribution < -0.4 is 16.8 Å². The van der Waals surface area contributed by atoms with E-state index in [2.05, 4.69) is 20.3 Å². The molecule has 0 saturated carbocycles. The molecular formula is C14H12N6OS2. The van der Waals surface area contributed by atoms with Crippen molar-refractivity contribution in [1.82, 2.24) is 9.97 Å². The number of hydrogen-bond donors (Lipinski definition) is 3. The van der Waals surface area contributed by atoms with E-state index in [4.69, 9.17) is 11.5 Å². The Morgan fingerprint density at radius 3 is 2.74 bits per heavy atom. The van der Waals surface area contributed by atoms with Gasteiger partial charge in [-0.25, -0.2) is 9.97 Å². The topological polar surface area (TPSA) is 119 Å². The highest BCUT2D eigenvalue weighted by Crippen LogP contribution is 2.32. The molecule has 5 N–H and O–H groups in total. The van der Waals surface area contributed by atoms with Gasteiger partial charge < -0.3 is 11.5 Å². The summed E-state index contributed by atoms with van der Waals surface area (Å²) in [5, 5.41) is 5.59. The van der Waals surface area contributed by atoms with E-state index in [0.29, 0.717) is 21.5 Å². The molecule has 9 heteroatoms. The van der Waals surface area contributed by atoms with E-state index in [1.54, 1.807) is 18.3 Å². The molecule has 7 nitrogen and oxygen atoms in total. The number of nitrogens with zero attached hydrogens (tertiary/aromatic N) is 3. The predicted octanol–water partition coefficient (Wildman–Crippen LogP) is 2.42. The van der Waals surface area contributed by atoms with Crippen molar-refractivity contribution in [2.45, 2.75) is 0 Å². The molecule has 0 aliphatic heterocycles. The zero-order valence-corrected chi connectivity index (χ0v) is 13.4. The summed E-state index contributed by atoms with van der Waals surface area (Å²) in [5.41, 5.74) is 11.9. The Kier molecular flexibility index (Phi) is 4.31. The van der Waals surface area contributed by atoms with E-state index >= 15 is 0 Å². The number of benzene rings is 1. The van der Waals surface area contributed by atoms with Gasteiger partial charge in [-0.3, -0.25) is 10.1 Å². The van der Waals surface area contributed by atoms with Crippen LogP contribution in [0.5, 0.6) is 0 Å². The third-order valence-corrected chi connectivity index (χ3v) is 4.40. The molecule has 23 heavy (non-hydrogen) atoms. The standard InChI is InChI=1S/C14H12N6OS2/c15-12(16)20-13-17-6-10(23-13)9-7-22-14(18-9)19-11(21)8-4-2-1-3-5-8/h1-7H,(H,18,19,21)(H4,15,16,17,20). The fraction of sp³-hybridized carbons (Fsp3) is 0. The Labute approximate surface area is 139 Å². The number of carbonyl (C=O) groups excluding carboxylic acids is 1. The van der Waals surface area contributed by atoms with E-state index in [0.717, 1.165) is 4.88 Å². The Balaban J connectivity index is 1.74. The maximum absolute atomic E-state index is 12.1. The molecule has 0 radical (unpaired) electrons. The quantitative estimate of drug-likeness (QED) is 0.496. The van der Waals surface area contributed by atoms with Crippen LogP contribution in [0.2, 0.25) is 0 Å². The van der Waals surface area contributed by atoms with Gasteiger partial charge in [0.1, 0.15) is 0 Å². The normalized spacial score (nSPS) is 10.3. The van der Waals surface area contributed by atoms with E-state index in [1.165, 1.54) is 22.7 Å². The molecule has 3 aromatic rings. The van der Waals surface area contributed by atoms with Crippen molar-refractivity contribution in [1.29, 1.82) is 0 Å². The third-order valence-electron chi connectivity index (χ3n) is 2.73. The fourth-order valence-electron chi connectivity index (χ4n) is 1.75. The molecule has 0 bridgehead atoms. The van der Waals surface area contributed by atoms with Gasteiger partial charge in [-0.15, -0.1) is 11.3 Å². The Morgan fingerprint density at radius 2 is 2.00 bits per heavy atom. The Bertz CT molecular complexity index is 851. The molecule has 2 aromatic heterocycles. The van der Waals surface area contributed by atoms with Gasteiger partial charge in [0.15, 0.2) is 11.1 Å². The largest absolute Gasteiger partial charge is 0.370 e. The van der Waals surface area contributed by atoms with Gasteiger partial charge in [0, 0.05) is 17.1 Å². The van der Waals surface area contributed by atoms with E-state index in [9.17, 15) is 4.79 Å². The minimum absolute atomic E-state index is 0.0417. The number of rotatable bonds is 4. The first-order chi connectivity index (χ1) is 11.1. The maximum atomic E-state index is 12.1. The van der Waals surface area contributed by atoms with Crippen LogP contribution in [0, 0.1) is 0 Å². The van der Waals surface area contributed by atoms with Crippen LogP contribution in [0.3, 0.4) is 0 Å². The third kappa shape index (κ3) is 3.71. The van der Waals surface area contributed by atoms with E-state index < -0.39 is 0 Å². The zero-order chi connectivity index (χ0) is 16.2. The van der Waals surface area contributed by atoms with Crippen LogP contribution in [0.4, 0.5) is 10.3 Å². The molecule has 116 valence electrons. The SMILES string of the molecule is NC(N)=Nc1ncc(-c2csc(NC(=O)c3ccccc3)n2)s1. The first kappa shape index (κ1) is 15.1. The molecule has 3 rings (SSSR count). The maximum Gasteiger partial charge on any atom is 0.257 e. The number of guanidine groups is 1. The smallest absolute Gasteiger partial charge is 0.257 e. The molecule has 0 unspecified atom stereocenters. The summed E-state index contributed by atoms with van der Waals surface area (Å²) in [7, 11) is 0. The molecule has 0 saturated heterocycles. The summed E-state index contributed by atoms with van der Waals surface area (Å²) in [5.74, 6) is -0.239. The summed E-state index contributed by atoms with van der Waals surface area (Å²) in [6.45, 7) is 0. The number of nitrogens with one attached hydrogen (secondary N) is 1. The molecule has 0 aliphatic rings. The lowest BCUT2D eigenvalue weighted by atomic mass is 10.2. The van der Waals surface area contributed by atoms with Crippen molar-refractivity contribution in [3.8, 4) is 10.6 Å². The highest BCUT2D eigenvalue weighted by Gasteiger charge is 2.11. The monoisotopic (exact) mass is 344 g/mol. The summed E-state index contributed by atoms with van der Waals surface area (Å²) in [6, 6.07) is 8.97. The van der Waals surface area contributed by atoms with Crippen LogP contribution in [-0.2, 0) is 0 Å². The van der Waals surface area contributed by atoms with Gasteiger partial charge in [-0.05, 0) is 12.1 Å². The number of carbonyl (C=O) groups is 1. The van der Waals surface area contributed by atoms with Gasteiger partial charge in [0.05, 0.1) is 10.6 Å². The summed E-state index contributed by atoms with van der Waals surface area (Å²) in [6.07, 6.45) is 1.64. The fourth-order valence-corrected chi connectivity index (χ4v) is 3.30. The molecule has 0 atom stereocenters. The van der Waals surface area contributed by atoms with Crippen LogP contribution in [0.25, 0.3) is 10.6 Å². The minimum atomic E-state index is -0.197. The van der Waals surface area contributed by atoms with Crippen molar-refractivity contribution in [2.24, 2.45) is 16.5 Å². The number of hydrogen-bond acceptors (Lipinski definition) is 6. The second-order valence-electron chi connectivity index (χ2n) is 4.40. The number of aromatic nitrogens is 2. The van der Waals surface area contributed by atoms with Crippen LogP contribution in [-0.4, -0.2) is 21.8 Å². The number of amides is 1. The first-order valence-corrected chi connectivity index (χ1v) is 8.19. The Morgan fingerprint density at radius 1 is 1.22 bits per heavy atom. The van der Waals surface area contributed by atoms with Crippen molar-refractivity contribution in [3.63, 3.8) is 0 Å². The van der Waals surface area contributed by atoms with Crippen LogP contribution >= 0.6 is 22.7 Å². The van der Waals surface area contributed by atoms with Gasteiger partial charge in [0.25, 0.3) is 5.91 Å². The Hall–Kier alpha value is -2.78. The van der Waals surface area contributed by atoms with Gasteiger partial charge in [-0.2, -0.15) is 4.99 Å². The average molecular weight is 344 g/mol. The predicted molar refractivity (Wildman–Crippen MR) is 93.1 cm³/mol. The molecule has 0 fully saturated rings. The molecule has 1 amide bonds.